The molecule has 0 saturated heterocycles. The van der Waals surface area contributed by atoms with Crippen molar-refractivity contribution in [3.05, 3.63) is 47.8 Å². The van der Waals surface area contributed by atoms with Gasteiger partial charge in [0.1, 0.15) is 17.1 Å². The highest BCUT2D eigenvalue weighted by Crippen LogP contribution is 2.44. The Balaban J connectivity index is 1.61. The number of halogens is 6. The number of hydrogen-bond donors (Lipinski definition) is 2. The molecule has 1 aliphatic rings. The maximum absolute atomic E-state index is 14.6. The number of amides is 1. The van der Waals surface area contributed by atoms with Gasteiger partial charge >= 0.3 is 6.61 Å². The number of aliphatic hydroxyl groups is 1. The number of benzene rings is 2. The molecule has 5 rings (SSSR count). The molecule has 236 valence electrons. The highest BCUT2D eigenvalue weighted by atomic mass is 19.3. The molecule has 1 aliphatic carbocycles. The smallest absolute Gasteiger partial charge is 0.387 e. The van der Waals surface area contributed by atoms with Gasteiger partial charge in [-0.1, -0.05) is 0 Å². The van der Waals surface area contributed by atoms with Crippen LogP contribution < -0.4 is 14.8 Å². The van der Waals surface area contributed by atoms with Crippen LogP contribution in [0.2, 0.25) is 0 Å². The van der Waals surface area contributed by atoms with E-state index in [0.29, 0.717) is 24.1 Å². The molecule has 2 heterocycles. The minimum atomic E-state index is -3.41. The lowest BCUT2D eigenvalue weighted by molar-refractivity contribution is -0.0502. The predicted octanol–water partition coefficient (Wildman–Crippen LogP) is 5.95. The lowest BCUT2D eigenvalue weighted by Gasteiger charge is -2.17. The van der Waals surface area contributed by atoms with Crippen LogP contribution in [0.25, 0.3) is 33.3 Å². The number of hydrogen-bond acceptors (Lipinski definition) is 6. The quantitative estimate of drug-likeness (QED) is 0.200. The zero-order valence-corrected chi connectivity index (χ0v) is 24.0. The maximum atomic E-state index is 14.6. The molecule has 0 radical (unpaired) electrons. The van der Waals surface area contributed by atoms with Gasteiger partial charge in [0.05, 0.1) is 36.2 Å². The molecule has 0 spiro atoms. The topological polar surface area (TPSA) is 103 Å². The molecule has 0 bridgehead atoms. The fraction of sp³-hybridized carbons (Fsp3) is 0.414. The predicted molar refractivity (Wildman–Crippen MR) is 147 cm³/mol. The lowest BCUT2D eigenvalue weighted by Crippen LogP contribution is -2.30. The molecule has 9 nitrogen and oxygen atoms in total. The lowest BCUT2D eigenvalue weighted by atomic mass is 9.97. The van der Waals surface area contributed by atoms with Crippen molar-refractivity contribution in [2.45, 2.75) is 63.8 Å². The van der Waals surface area contributed by atoms with Crippen molar-refractivity contribution in [2.24, 2.45) is 7.05 Å². The van der Waals surface area contributed by atoms with E-state index < -0.39 is 59.8 Å². The van der Waals surface area contributed by atoms with Gasteiger partial charge in [-0.05, 0) is 50.1 Å². The molecule has 0 aliphatic heterocycles. The summed E-state index contributed by atoms with van der Waals surface area (Å²) in [6, 6.07) is 3.65. The summed E-state index contributed by atoms with van der Waals surface area (Å²) in [5, 5.41) is 20.7. The summed E-state index contributed by atoms with van der Waals surface area (Å²) >= 11 is 0. The van der Waals surface area contributed by atoms with Crippen LogP contribution in [0.15, 0.2) is 36.7 Å². The van der Waals surface area contributed by atoms with Gasteiger partial charge in [0.15, 0.2) is 0 Å². The van der Waals surface area contributed by atoms with Crippen LogP contribution >= 0.6 is 0 Å². The van der Waals surface area contributed by atoms with Gasteiger partial charge in [-0.3, -0.25) is 14.2 Å². The number of carbonyl (C=O) groups is 1. The Bertz CT molecular complexity index is 1710. The highest BCUT2D eigenvalue weighted by Gasteiger charge is 2.58. The molecule has 1 atom stereocenters. The molecule has 1 fully saturated rings. The number of aryl methyl sites for hydroxylation is 2. The average molecular weight is 626 g/mol. The molecule has 2 N–H and O–H groups in total. The Morgan fingerprint density at radius 1 is 1.14 bits per heavy atom. The van der Waals surface area contributed by atoms with Gasteiger partial charge in [-0.15, -0.1) is 0 Å². The summed E-state index contributed by atoms with van der Waals surface area (Å²) in [5.41, 5.74) is -0.660. The van der Waals surface area contributed by atoms with E-state index in [9.17, 15) is 36.2 Å². The standard InChI is InChI=1S/C29H29F6N5O4/c1-28(2,42)5-6-40-13-16(12-36-40)14-7-17(25(30)31)22-18(8-14)38-39(3)24(22)15-9-19(43-4)23(20(10-15)44-27(32)33)26(41)37-21-11-29(21,34)35/h7-10,12-13,21,25,27,42H,5-6,11H2,1-4H3,(H,37,41)/t21-/m1/s1. The Kier molecular flexibility index (Phi) is 8.03. The number of ether oxygens (including phenoxy) is 2. The molecular weight excluding hydrogens is 596 g/mol. The van der Waals surface area contributed by atoms with Crippen LogP contribution in [0, 0.1) is 0 Å². The van der Waals surface area contributed by atoms with Crippen LogP contribution in [-0.4, -0.2) is 61.9 Å². The van der Waals surface area contributed by atoms with Gasteiger partial charge < -0.3 is 19.9 Å². The Morgan fingerprint density at radius 3 is 2.41 bits per heavy atom. The number of rotatable bonds is 11. The fourth-order valence-corrected chi connectivity index (χ4v) is 4.95. The zero-order valence-electron chi connectivity index (χ0n) is 24.0. The minimum absolute atomic E-state index is 0.0144. The molecule has 15 heteroatoms. The van der Waals surface area contributed by atoms with Crippen molar-refractivity contribution in [3.8, 4) is 33.9 Å². The summed E-state index contributed by atoms with van der Waals surface area (Å²) in [5.74, 6) is -5.25. The van der Waals surface area contributed by atoms with Crippen molar-refractivity contribution >= 4 is 16.8 Å². The normalized spacial score (nSPS) is 16.2. The summed E-state index contributed by atoms with van der Waals surface area (Å²) < 4.78 is 95.6. The summed E-state index contributed by atoms with van der Waals surface area (Å²) in [6.45, 7) is 0.308. The number of nitrogens with zero attached hydrogens (tertiary/aromatic N) is 4. The van der Waals surface area contributed by atoms with E-state index in [-0.39, 0.29) is 27.9 Å². The second-order valence-electron chi connectivity index (χ2n) is 11.2. The molecule has 2 aromatic heterocycles. The molecule has 2 aromatic carbocycles. The third kappa shape index (κ3) is 6.32. The molecule has 1 amide bonds. The molecule has 0 unspecified atom stereocenters. The van der Waals surface area contributed by atoms with Gasteiger partial charge in [0, 0.05) is 48.3 Å². The van der Waals surface area contributed by atoms with Crippen LogP contribution in [0.5, 0.6) is 11.5 Å². The number of methoxy groups -OCH3 is 1. The van der Waals surface area contributed by atoms with Crippen molar-refractivity contribution in [2.75, 3.05) is 7.11 Å². The number of nitrogens with one attached hydrogen (secondary N) is 1. The first-order valence-corrected chi connectivity index (χ1v) is 13.5. The average Bonchev–Trinajstić information content (AvgIpc) is 3.24. The van der Waals surface area contributed by atoms with Gasteiger partial charge in [0.2, 0.25) is 0 Å². The van der Waals surface area contributed by atoms with Crippen molar-refractivity contribution in [3.63, 3.8) is 0 Å². The number of aromatic nitrogens is 4. The number of alkyl halides is 6. The number of fused-ring (bicyclic) bond motifs is 1. The monoisotopic (exact) mass is 625 g/mol. The highest BCUT2D eigenvalue weighted by molar-refractivity contribution is 6.03. The van der Waals surface area contributed by atoms with Crippen molar-refractivity contribution in [1.82, 2.24) is 24.9 Å². The Labute approximate surface area is 247 Å². The van der Waals surface area contributed by atoms with E-state index >= 15 is 0 Å². The Morgan fingerprint density at radius 2 is 1.82 bits per heavy atom. The first-order chi connectivity index (χ1) is 20.6. The van der Waals surface area contributed by atoms with E-state index in [4.69, 9.17) is 4.74 Å². The van der Waals surface area contributed by atoms with Crippen LogP contribution in [0.4, 0.5) is 26.3 Å². The number of carbonyl (C=O) groups excluding carboxylic acids is 1. The SMILES string of the molecule is COc1cc(-c2c3c(C(F)F)cc(-c4cnn(CCC(C)(C)O)c4)cc3nn2C)cc(OC(F)F)c1C(=O)N[C@@H]1CC1(F)F. The van der Waals surface area contributed by atoms with Crippen LogP contribution in [0.1, 0.15) is 49.0 Å². The van der Waals surface area contributed by atoms with Crippen molar-refractivity contribution < 1.29 is 45.7 Å². The van der Waals surface area contributed by atoms with E-state index in [0.717, 1.165) is 13.2 Å². The summed E-state index contributed by atoms with van der Waals surface area (Å²) in [4.78, 5) is 12.9. The first-order valence-electron chi connectivity index (χ1n) is 13.5. The maximum Gasteiger partial charge on any atom is 0.387 e. The van der Waals surface area contributed by atoms with E-state index in [1.807, 2.05) is 0 Å². The summed E-state index contributed by atoms with van der Waals surface area (Å²) in [7, 11) is 2.60. The summed E-state index contributed by atoms with van der Waals surface area (Å²) in [6.07, 6.45) is -0.00966. The minimum Gasteiger partial charge on any atom is -0.496 e. The molecule has 1 saturated carbocycles. The fourth-order valence-electron chi connectivity index (χ4n) is 4.95. The molecular formula is C29H29F6N5O4. The van der Waals surface area contributed by atoms with Crippen LogP contribution in [-0.2, 0) is 13.6 Å². The van der Waals surface area contributed by atoms with Gasteiger partial charge in [-0.2, -0.15) is 19.0 Å². The largest absolute Gasteiger partial charge is 0.496 e. The van der Waals surface area contributed by atoms with Gasteiger partial charge in [0.25, 0.3) is 18.3 Å². The van der Waals surface area contributed by atoms with Crippen LogP contribution in [0.3, 0.4) is 0 Å². The van der Waals surface area contributed by atoms with E-state index in [1.54, 1.807) is 30.8 Å². The Hall–Kier alpha value is -4.27. The van der Waals surface area contributed by atoms with E-state index in [1.165, 1.54) is 30.1 Å². The second-order valence-corrected chi connectivity index (χ2v) is 11.2. The van der Waals surface area contributed by atoms with Crippen molar-refractivity contribution in [1.29, 1.82) is 0 Å². The second kappa shape index (κ2) is 11.3. The van der Waals surface area contributed by atoms with E-state index in [2.05, 4.69) is 20.3 Å². The zero-order chi connectivity index (χ0) is 32.1. The third-order valence-electron chi connectivity index (χ3n) is 7.25. The van der Waals surface area contributed by atoms with Gasteiger partial charge in [-0.25, -0.2) is 17.6 Å². The molecule has 44 heavy (non-hydrogen) atoms. The first kappa shape index (κ1) is 31.2. The third-order valence-corrected chi connectivity index (χ3v) is 7.25. The molecule has 4 aromatic rings.